The van der Waals surface area contributed by atoms with Crippen molar-refractivity contribution in [3.05, 3.63) is 40.3 Å². The van der Waals surface area contributed by atoms with Crippen molar-refractivity contribution in [1.29, 1.82) is 0 Å². The van der Waals surface area contributed by atoms with E-state index in [-0.39, 0.29) is 11.8 Å². The topological polar surface area (TPSA) is 86.5 Å². The summed E-state index contributed by atoms with van der Waals surface area (Å²) < 4.78 is 11.1. The van der Waals surface area contributed by atoms with Crippen molar-refractivity contribution in [3.63, 3.8) is 0 Å². The molecule has 1 aromatic carbocycles. The summed E-state index contributed by atoms with van der Waals surface area (Å²) >= 11 is 1.52. The summed E-state index contributed by atoms with van der Waals surface area (Å²) in [6.07, 6.45) is 0. The molecule has 0 radical (unpaired) electrons. The number of aromatic nitrogens is 1. The Kier molecular flexibility index (Phi) is 6.39. The number of benzene rings is 1. The Morgan fingerprint density at radius 2 is 2.16 bits per heavy atom. The summed E-state index contributed by atoms with van der Waals surface area (Å²) in [6, 6.07) is 5.11. The number of nitrogens with one attached hydrogen (secondary N) is 1. The molecule has 0 saturated carbocycles. The Morgan fingerprint density at radius 3 is 2.72 bits per heavy atom. The Bertz CT molecular complexity index is 704. The Balaban J connectivity index is 2.13. The molecule has 0 aliphatic carbocycles. The minimum Gasteiger partial charge on any atom is -0.493 e. The minimum absolute atomic E-state index is 0.189. The van der Waals surface area contributed by atoms with E-state index in [1.165, 1.54) is 11.3 Å². The van der Waals surface area contributed by atoms with Crippen molar-refractivity contribution in [2.24, 2.45) is 11.7 Å². The molecule has 136 valence electrons. The highest BCUT2D eigenvalue weighted by molar-refractivity contribution is 7.07. The van der Waals surface area contributed by atoms with Gasteiger partial charge in [0.25, 0.3) is 5.91 Å². The van der Waals surface area contributed by atoms with Gasteiger partial charge in [-0.25, -0.2) is 4.98 Å². The van der Waals surface area contributed by atoms with Crippen LogP contribution < -0.4 is 20.5 Å². The molecule has 7 heteroatoms. The normalized spacial score (nSPS) is 13.4. The summed E-state index contributed by atoms with van der Waals surface area (Å²) in [5.41, 5.74) is 8.47. The lowest BCUT2D eigenvalue weighted by atomic mass is 9.88. The van der Waals surface area contributed by atoms with Crippen molar-refractivity contribution >= 4 is 17.2 Å². The van der Waals surface area contributed by atoms with E-state index in [1.807, 2.05) is 26.2 Å². The monoisotopic (exact) mass is 363 g/mol. The van der Waals surface area contributed by atoms with Gasteiger partial charge < -0.3 is 20.5 Å². The molecular weight excluding hydrogens is 338 g/mol. The molecule has 0 fully saturated rings. The van der Waals surface area contributed by atoms with E-state index in [9.17, 15) is 4.79 Å². The molecule has 1 amide bonds. The SMILES string of the molecule is COc1cc(C(=O)NC(C)(CN)C(C)C)ccc1OCc1cscn1. The van der Waals surface area contributed by atoms with Crippen LogP contribution in [-0.2, 0) is 6.61 Å². The van der Waals surface area contributed by atoms with Gasteiger partial charge in [0.2, 0.25) is 0 Å². The number of carbonyl (C=O) groups excluding carboxylic acids is 1. The second kappa shape index (κ2) is 8.31. The van der Waals surface area contributed by atoms with Crippen molar-refractivity contribution in [2.75, 3.05) is 13.7 Å². The quantitative estimate of drug-likeness (QED) is 0.753. The van der Waals surface area contributed by atoms with E-state index in [4.69, 9.17) is 15.2 Å². The number of hydrogen-bond donors (Lipinski definition) is 2. The first-order valence-electron chi connectivity index (χ1n) is 8.10. The van der Waals surface area contributed by atoms with E-state index in [1.54, 1.807) is 30.8 Å². The van der Waals surface area contributed by atoms with Crippen LogP contribution in [0.3, 0.4) is 0 Å². The average molecular weight is 363 g/mol. The van der Waals surface area contributed by atoms with Crippen LogP contribution in [0.5, 0.6) is 11.5 Å². The molecule has 6 nitrogen and oxygen atoms in total. The Hall–Kier alpha value is -2.12. The first kappa shape index (κ1) is 19.2. The average Bonchev–Trinajstić information content (AvgIpc) is 3.12. The Morgan fingerprint density at radius 1 is 1.40 bits per heavy atom. The highest BCUT2D eigenvalue weighted by Crippen LogP contribution is 2.29. The molecule has 1 aromatic heterocycles. The highest BCUT2D eigenvalue weighted by atomic mass is 32.1. The number of rotatable bonds is 8. The van der Waals surface area contributed by atoms with Crippen LogP contribution in [0.4, 0.5) is 0 Å². The standard InChI is InChI=1S/C18H25N3O3S/c1-12(2)18(3,10-19)21-17(22)13-5-6-15(16(7-13)23-4)24-8-14-9-25-11-20-14/h5-7,9,11-12H,8,10,19H2,1-4H3,(H,21,22). The second-order valence-corrected chi connectivity index (χ2v) is 7.08. The van der Waals surface area contributed by atoms with E-state index in [0.717, 1.165) is 5.69 Å². The van der Waals surface area contributed by atoms with Gasteiger partial charge in [0.1, 0.15) is 6.61 Å². The van der Waals surface area contributed by atoms with Gasteiger partial charge in [0, 0.05) is 17.5 Å². The first-order valence-corrected chi connectivity index (χ1v) is 9.04. The van der Waals surface area contributed by atoms with Crippen molar-refractivity contribution < 1.29 is 14.3 Å². The summed E-state index contributed by atoms with van der Waals surface area (Å²) in [6.45, 7) is 6.72. The van der Waals surface area contributed by atoms with Gasteiger partial charge in [-0.3, -0.25) is 4.79 Å². The predicted octanol–water partition coefficient (Wildman–Crippen LogP) is 2.83. The molecule has 2 aromatic rings. The third kappa shape index (κ3) is 4.70. The van der Waals surface area contributed by atoms with Crippen LogP contribution in [0.1, 0.15) is 36.8 Å². The second-order valence-electron chi connectivity index (χ2n) is 6.36. The van der Waals surface area contributed by atoms with Crippen LogP contribution >= 0.6 is 11.3 Å². The van der Waals surface area contributed by atoms with Gasteiger partial charge in [-0.1, -0.05) is 13.8 Å². The molecule has 2 rings (SSSR count). The lowest BCUT2D eigenvalue weighted by Gasteiger charge is -2.33. The van der Waals surface area contributed by atoms with Gasteiger partial charge in [-0.2, -0.15) is 0 Å². The molecule has 0 aliphatic rings. The van der Waals surface area contributed by atoms with Gasteiger partial charge in [-0.05, 0) is 31.0 Å². The summed E-state index contributed by atoms with van der Waals surface area (Å²) in [7, 11) is 1.55. The molecule has 3 N–H and O–H groups in total. The molecule has 25 heavy (non-hydrogen) atoms. The number of carbonyl (C=O) groups is 1. The minimum atomic E-state index is -0.468. The maximum Gasteiger partial charge on any atom is 0.251 e. The van der Waals surface area contributed by atoms with Crippen LogP contribution in [0.15, 0.2) is 29.1 Å². The van der Waals surface area contributed by atoms with E-state index < -0.39 is 5.54 Å². The maximum absolute atomic E-state index is 12.6. The third-order valence-electron chi connectivity index (χ3n) is 4.38. The first-order chi connectivity index (χ1) is 11.9. The lowest BCUT2D eigenvalue weighted by molar-refractivity contribution is 0.0882. The van der Waals surface area contributed by atoms with Crippen LogP contribution in [0.2, 0.25) is 0 Å². The number of thiazole rings is 1. The predicted molar refractivity (Wildman–Crippen MR) is 99.2 cm³/mol. The summed E-state index contributed by atoms with van der Waals surface area (Å²) in [5.74, 6) is 1.09. The van der Waals surface area contributed by atoms with E-state index in [2.05, 4.69) is 10.3 Å². The zero-order chi connectivity index (χ0) is 18.4. The number of hydrogen-bond acceptors (Lipinski definition) is 6. The largest absolute Gasteiger partial charge is 0.493 e. The van der Waals surface area contributed by atoms with Crippen LogP contribution in [0, 0.1) is 5.92 Å². The smallest absolute Gasteiger partial charge is 0.251 e. The molecule has 0 bridgehead atoms. The van der Waals surface area contributed by atoms with Crippen molar-refractivity contribution in [2.45, 2.75) is 32.9 Å². The molecule has 0 saturated heterocycles. The molecule has 1 unspecified atom stereocenters. The summed E-state index contributed by atoms with van der Waals surface area (Å²) in [5, 5.41) is 4.94. The molecule has 1 heterocycles. The zero-order valence-corrected chi connectivity index (χ0v) is 15.9. The zero-order valence-electron chi connectivity index (χ0n) is 15.0. The van der Waals surface area contributed by atoms with Crippen LogP contribution in [-0.4, -0.2) is 30.1 Å². The fourth-order valence-electron chi connectivity index (χ4n) is 2.15. The maximum atomic E-state index is 12.6. The number of nitrogens with zero attached hydrogens (tertiary/aromatic N) is 1. The molecule has 0 spiro atoms. The van der Waals surface area contributed by atoms with Gasteiger partial charge in [0.05, 0.1) is 23.9 Å². The Labute approximate surface area is 152 Å². The fraction of sp³-hybridized carbons (Fsp3) is 0.444. The summed E-state index contributed by atoms with van der Waals surface area (Å²) in [4.78, 5) is 16.8. The van der Waals surface area contributed by atoms with Crippen molar-refractivity contribution in [3.8, 4) is 11.5 Å². The number of amides is 1. The number of methoxy groups -OCH3 is 1. The number of nitrogens with two attached hydrogens (primary N) is 1. The molecule has 0 aliphatic heterocycles. The highest BCUT2D eigenvalue weighted by Gasteiger charge is 2.29. The van der Waals surface area contributed by atoms with Gasteiger partial charge in [-0.15, -0.1) is 11.3 Å². The third-order valence-corrected chi connectivity index (χ3v) is 5.02. The van der Waals surface area contributed by atoms with E-state index in [0.29, 0.717) is 30.2 Å². The fourth-order valence-corrected chi connectivity index (χ4v) is 2.69. The van der Waals surface area contributed by atoms with Crippen LogP contribution in [0.25, 0.3) is 0 Å². The van der Waals surface area contributed by atoms with Gasteiger partial charge in [0.15, 0.2) is 11.5 Å². The molecule has 1 atom stereocenters. The van der Waals surface area contributed by atoms with Crippen molar-refractivity contribution in [1.82, 2.24) is 10.3 Å². The number of ether oxygens (including phenoxy) is 2. The van der Waals surface area contributed by atoms with Gasteiger partial charge >= 0.3 is 0 Å². The molecular formula is C18H25N3O3S. The van der Waals surface area contributed by atoms with E-state index >= 15 is 0 Å². The lowest BCUT2D eigenvalue weighted by Crippen LogP contribution is -2.55.